The zero-order chi connectivity index (χ0) is 31.0. The molecule has 1 aliphatic rings. The highest BCUT2D eigenvalue weighted by molar-refractivity contribution is 6.74. The van der Waals surface area contributed by atoms with Gasteiger partial charge in [0.25, 0.3) is 0 Å². The highest BCUT2D eigenvalue weighted by atomic mass is 28.4. The molecule has 3 rings (SSSR count). The number of benzene rings is 2. The second-order valence-corrected chi connectivity index (χ2v) is 16.0. The summed E-state index contributed by atoms with van der Waals surface area (Å²) in [6.45, 7) is 10.2. The van der Waals surface area contributed by atoms with E-state index in [1.807, 2.05) is 33.9 Å². The molecule has 1 heterocycles. The van der Waals surface area contributed by atoms with Crippen LogP contribution < -0.4 is 14.5 Å². The Morgan fingerprint density at radius 2 is 1.59 bits per heavy atom. The predicted octanol–water partition coefficient (Wildman–Crippen LogP) is 7.62. The molecule has 0 atom stereocenters. The van der Waals surface area contributed by atoms with E-state index in [1.54, 1.807) is 18.2 Å². The van der Waals surface area contributed by atoms with E-state index < -0.39 is 55.4 Å². The average Bonchev–Trinajstić information content (AvgIpc) is 3.21. The summed E-state index contributed by atoms with van der Waals surface area (Å²) in [5.74, 6) is -1.19. The van der Waals surface area contributed by atoms with Gasteiger partial charge >= 0.3 is 24.5 Å². The minimum atomic E-state index is -5.34. The van der Waals surface area contributed by atoms with E-state index in [0.29, 0.717) is 6.07 Å². The number of amides is 3. The molecule has 0 N–H and O–H groups in total. The summed E-state index contributed by atoms with van der Waals surface area (Å²) in [5.41, 5.74) is -4.00. The third kappa shape index (κ3) is 7.34. The van der Waals surface area contributed by atoms with Crippen LogP contribution in [0.5, 0.6) is 5.75 Å². The first-order chi connectivity index (χ1) is 18.7. The maximum absolute atomic E-state index is 14.1. The lowest BCUT2D eigenvalue weighted by atomic mass is 10.1. The second-order valence-electron chi connectivity index (χ2n) is 11.2. The number of alkyl halides is 6. The Labute approximate surface area is 235 Å². The maximum atomic E-state index is 14.1. The number of hydrogen-bond acceptors (Lipinski definition) is 4. The van der Waals surface area contributed by atoms with Crippen LogP contribution in [0.15, 0.2) is 42.5 Å². The minimum Gasteiger partial charge on any atom is -0.415 e. The molecule has 0 aromatic heterocycles. The fourth-order valence-corrected chi connectivity index (χ4v) is 4.88. The molecule has 0 radical (unpaired) electrons. The number of halogens is 6. The summed E-state index contributed by atoms with van der Waals surface area (Å²) in [5, 5.41) is -0.105. The van der Waals surface area contributed by atoms with Gasteiger partial charge in [-0.3, -0.25) is 9.80 Å². The SMILES string of the molecule is CN(C(=O)Oc1c(N2CCN(CCO[Si](C)(C)C(C)(C)C)C2=O)cc(C(F)(F)F)cc1C(F)(F)F)c1ccccc1. The third-order valence-corrected chi connectivity index (χ3v) is 11.9. The van der Waals surface area contributed by atoms with Crippen LogP contribution in [-0.4, -0.2) is 58.6 Å². The van der Waals surface area contributed by atoms with Gasteiger partial charge in [-0.1, -0.05) is 39.0 Å². The Morgan fingerprint density at radius 3 is 2.12 bits per heavy atom. The van der Waals surface area contributed by atoms with Crippen molar-refractivity contribution in [2.75, 3.05) is 43.1 Å². The molecule has 0 spiro atoms. The number of carbonyl (C=O) groups excluding carboxylic acids is 2. The van der Waals surface area contributed by atoms with E-state index in [4.69, 9.17) is 9.16 Å². The van der Waals surface area contributed by atoms with E-state index in [1.165, 1.54) is 24.1 Å². The molecule has 0 aliphatic carbocycles. The molecule has 1 saturated heterocycles. The van der Waals surface area contributed by atoms with Crippen LogP contribution in [0.4, 0.5) is 47.3 Å². The van der Waals surface area contributed by atoms with Gasteiger partial charge in [0.1, 0.15) is 5.56 Å². The minimum absolute atomic E-state index is 0.0224. The smallest absolute Gasteiger partial charge is 0.415 e. The Kier molecular flexibility index (Phi) is 9.09. The molecular formula is C27H33F6N3O4Si. The standard InChI is InChI=1S/C27H33F6N3O4Si/c1-25(2,3)41(5,6)39-15-14-35-12-13-36(23(35)37)21-17-18(26(28,29)30)16-20(27(31,32)33)22(21)40-24(38)34(4)19-10-8-7-9-11-19/h7-11,16-17H,12-15H2,1-6H3. The van der Waals surface area contributed by atoms with Gasteiger partial charge in [0, 0.05) is 32.4 Å². The van der Waals surface area contributed by atoms with E-state index in [0.717, 1.165) is 9.80 Å². The number of para-hydroxylation sites is 1. The molecule has 2 aromatic rings. The van der Waals surface area contributed by atoms with Crippen molar-refractivity contribution in [3.63, 3.8) is 0 Å². The first kappa shape index (κ1) is 32.3. The van der Waals surface area contributed by atoms with Gasteiger partial charge in [-0.25, -0.2) is 9.59 Å². The maximum Gasteiger partial charge on any atom is 0.420 e. The molecule has 14 heteroatoms. The van der Waals surface area contributed by atoms with E-state index in [-0.39, 0.29) is 43.0 Å². The van der Waals surface area contributed by atoms with Gasteiger partial charge < -0.3 is 14.1 Å². The van der Waals surface area contributed by atoms with Gasteiger partial charge in [-0.2, -0.15) is 26.3 Å². The summed E-state index contributed by atoms with van der Waals surface area (Å²) in [6, 6.07) is 7.24. The Bertz CT molecular complexity index is 1260. The van der Waals surface area contributed by atoms with Crippen LogP contribution in [-0.2, 0) is 16.8 Å². The van der Waals surface area contributed by atoms with Crippen molar-refractivity contribution in [2.45, 2.75) is 51.3 Å². The quantitative estimate of drug-likeness (QED) is 0.241. The van der Waals surface area contributed by atoms with Crippen molar-refractivity contribution in [2.24, 2.45) is 0 Å². The first-order valence-corrected chi connectivity index (χ1v) is 15.7. The number of nitrogens with zero attached hydrogens (tertiary/aromatic N) is 3. The van der Waals surface area contributed by atoms with Gasteiger partial charge in [0.05, 0.1) is 17.9 Å². The van der Waals surface area contributed by atoms with E-state index in [9.17, 15) is 35.9 Å². The largest absolute Gasteiger partial charge is 0.420 e. The Hall–Kier alpha value is -3.26. The molecule has 7 nitrogen and oxygen atoms in total. The van der Waals surface area contributed by atoms with Crippen LogP contribution in [0.3, 0.4) is 0 Å². The third-order valence-electron chi connectivity index (χ3n) is 7.32. The number of hydrogen-bond donors (Lipinski definition) is 0. The zero-order valence-corrected chi connectivity index (χ0v) is 24.6. The summed E-state index contributed by atoms with van der Waals surface area (Å²) in [4.78, 5) is 29.1. The fourth-order valence-electron chi connectivity index (χ4n) is 3.85. The molecule has 41 heavy (non-hydrogen) atoms. The molecule has 2 aromatic carbocycles. The molecule has 1 aliphatic heterocycles. The molecule has 0 unspecified atom stereocenters. The van der Waals surface area contributed by atoms with Gasteiger partial charge in [-0.15, -0.1) is 0 Å². The lowest BCUT2D eigenvalue weighted by molar-refractivity contribution is -0.143. The number of anilines is 2. The number of ether oxygens (including phenoxy) is 1. The molecule has 226 valence electrons. The van der Waals surface area contributed by atoms with E-state index >= 15 is 0 Å². The Balaban J connectivity index is 1.99. The van der Waals surface area contributed by atoms with Crippen molar-refractivity contribution in [3.8, 4) is 5.75 Å². The summed E-state index contributed by atoms with van der Waals surface area (Å²) in [6.07, 6.45) is -11.8. The van der Waals surface area contributed by atoms with Crippen LogP contribution in [0.25, 0.3) is 0 Å². The highest BCUT2D eigenvalue weighted by Gasteiger charge is 2.44. The van der Waals surface area contributed by atoms with Gasteiger partial charge in [0.2, 0.25) is 0 Å². The van der Waals surface area contributed by atoms with Crippen molar-refractivity contribution in [1.29, 1.82) is 0 Å². The molecule has 1 fully saturated rings. The topological polar surface area (TPSA) is 62.3 Å². The highest BCUT2D eigenvalue weighted by Crippen LogP contribution is 2.47. The lowest BCUT2D eigenvalue weighted by Gasteiger charge is -2.36. The number of rotatable bonds is 7. The zero-order valence-electron chi connectivity index (χ0n) is 23.6. The lowest BCUT2D eigenvalue weighted by Crippen LogP contribution is -2.43. The van der Waals surface area contributed by atoms with Crippen molar-refractivity contribution >= 4 is 31.8 Å². The fraction of sp³-hybridized carbons (Fsp3) is 0.481. The second kappa shape index (κ2) is 11.5. The van der Waals surface area contributed by atoms with Crippen LogP contribution in [0.2, 0.25) is 18.1 Å². The van der Waals surface area contributed by atoms with E-state index in [2.05, 4.69) is 0 Å². The average molecular weight is 606 g/mol. The van der Waals surface area contributed by atoms with Gasteiger partial charge in [-0.05, 0) is 42.4 Å². The van der Waals surface area contributed by atoms with Crippen molar-refractivity contribution in [3.05, 3.63) is 53.6 Å². The summed E-state index contributed by atoms with van der Waals surface area (Å²) < 4.78 is 94.6. The monoisotopic (exact) mass is 605 g/mol. The molecule has 3 amide bonds. The van der Waals surface area contributed by atoms with Crippen molar-refractivity contribution < 1.29 is 45.1 Å². The molecular weight excluding hydrogens is 572 g/mol. The number of urea groups is 1. The van der Waals surface area contributed by atoms with Gasteiger partial charge in [0.15, 0.2) is 14.1 Å². The van der Waals surface area contributed by atoms with Crippen LogP contribution >= 0.6 is 0 Å². The van der Waals surface area contributed by atoms with Crippen LogP contribution in [0, 0.1) is 0 Å². The normalized spacial score (nSPS) is 15.0. The predicted molar refractivity (Wildman–Crippen MR) is 145 cm³/mol. The van der Waals surface area contributed by atoms with Crippen LogP contribution in [0.1, 0.15) is 31.9 Å². The first-order valence-electron chi connectivity index (χ1n) is 12.8. The number of carbonyl (C=O) groups is 2. The summed E-state index contributed by atoms with van der Waals surface area (Å²) in [7, 11) is -0.931. The molecule has 0 bridgehead atoms. The Morgan fingerprint density at radius 1 is 0.976 bits per heavy atom. The van der Waals surface area contributed by atoms with Crippen molar-refractivity contribution in [1.82, 2.24) is 4.90 Å². The molecule has 0 saturated carbocycles. The summed E-state index contributed by atoms with van der Waals surface area (Å²) >= 11 is 0.